The topological polar surface area (TPSA) is 62.1 Å². The Labute approximate surface area is 140 Å². The van der Waals surface area contributed by atoms with Crippen molar-refractivity contribution in [3.63, 3.8) is 0 Å². The average molecular weight is 322 g/mol. The number of hydrogen-bond donors (Lipinski definition) is 1. The van der Waals surface area contributed by atoms with Gasteiger partial charge in [0.1, 0.15) is 18.1 Å². The third-order valence-electron chi connectivity index (χ3n) is 3.77. The van der Waals surface area contributed by atoms with Crippen LogP contribution in [0.15, 0.2) is 65.7 Å². The van der Waals surface area contributed by atoms with Crippen molar-refractivity contribution in [3.05, 3.63) is 71.8 Å². The fraction of sp³-hybridized carbons (Fsp3) is 0.158. The molecule has 5 heteroatoms. The number of carboxylic acids is 1. The van der Waals surface area contributed by atoms with Gasteiger partial charge in [-0.1, -0.05) is 30.3 Å². The average Bonchev–Trinajstić information content (AvgIpc) is 2.62. The number of rotatable bonds is 5. The van der Waals surface area contributed by atoms with E-state index in [-0.39, 0.29) is 6.54 Å². The van der Waals surface area contributed by atoms with Crippen molar-refractivity contribution in [2.24, 2.45) is 4.99 Å². The second-order valence-corrected chi connectivity index (χ2v) is 5.39. The van der Waals surface area contributed by atoms with Gasteiger partial charge in [0.2, 0.25) is 0 Å². The quantitative estimate of drug-likeness (QED) is 0.919. The number of aliphatic imine (C=N–C) groups is 1. The van der Waals surface area contributed by atoms with Gasteiger partial charge in [-0.3, -0.25) is 4.79 Å². The molecule has 0 radical (unpaired) electrons. The van der Waals surface area contributed by atoms with Crippen LogP contribution >= 0.6 is 0 Å². The van der Waals surface area contributed by atoms with Crippen LogP contribution in [-0.2, 0) is 4.79 Å². The molecule has 3 rings (SSSR count). The number of carbonyl (C=O) groups is 1. The number of aliphatic carboxylic acids is 1. The van der Waals surface area contributed by atoms with E-state index < -0.39 is 5.97 Å². The fourth-order valence-corrected chi connectivity index (χ4v) is 2.59. The summed E-state index contributed by atoms with van der Waals surface area (Å²) >= 11 is 0. The summed E-state index contributed by atoms with van der Waals surface area (Å²) < 4.78 is 5.18. The highest BCUT2D eigenvalue weighted by Crippen LogP contribution is 2.24. The molecule has 0 fully saturated rings. The van der Waals surface area contributed by atoms with Crippen LogP contribution in [0.1, 0.15) is 11.1 Å². The van der Waals surface area contributed by atoms with Gasteiger partial charge in [0, 0.05) is 17.7 Å². The molecule has 5 nitrogen and oxygen atoms in total. The van der Waals surface area contributed by atoms with Crippen molar-refractivity contribution in [3.8, 4) is 5.75 Å². The first kappa shape index (κ1) is 15.8. The molecule has 0 amide bonds. The minimum atomic E-state index is -0.875. The largest absolute Gasteiger partial charge is 0.497 e. The molecule has 2 aromatic carbocycles. The van der Waals surface area contributed by atoms with Gasteiger partial charge in [-0.2, -0.15) is 0 Å². The highest BCUT2D eigenvalue weighted by molar-refractivity contribution is 6.04. The number of carboxylic acid groups (broad SMARTS) is 1. The second kappa shape index (κ2) is 7.00. The third kappa shape index (κ3) is 3.46. The summed E-state index contributed by atoms with van der Waals surface area (Å²) in [6.07, 6.45) is 1.94. The smallest absolute Gasteiger partial charge is 0.323 e. The van der Waals surface area contributed by atoms with Crippen molar-refractivity contribution >= 4 is 17.5 Å². The van der Waals surface area contributed by atoms with Crippen LogP contribution in [0.25, 0.3) is 5.70 Å². The van der Waals surface area contributed by atoms with Crippen LogP contribution in [-0.4, -0.2) is 42.0 Å². The Morgan fingerprint density at radius 3 is 2.46 bits per heavy atom. The standard InChI is InChI=1S/C19H18N2O3/c1-24-16-9-7-14(8-10-16)17-11-12-21(13-18(22)23)19(20-17)15-5-3-2-4-6-15/h2-11H,12-13H2,1H3,(H,22,23). The summed E-state index contributed by atoms with van der Waals surface area (Å²) in [5.74, 6) is 0.584. The van der Waals surface area contributed by atoms with Gasteiger partial charge in [-0.25, -0.2) is 4.99 Å². The molecule has 0 aliphatic carbocycles. The van der Waals surface area contributed by atoms with Crippen molar-refractivity contribution in [2.45, 2.75) is 0 Å². The number of benzene rings is 2. The lowest BCUT2D eigenvalue weighted by atomic mass is 10.1. The molecule has 0 saturated carbocycles. The third-order valence-corrected chi connectivity index (χ3v) is 3.77. The van der Waals surface area contributed by atoms with Crippen LogP contribution in [0.2, 0.25) is 0 Å². The van der Waals surface area contributed by atoms with Crippen LogP contribution in [0.3, 0.4) is 0 Å². The first-order chi connectivity index (χ1) is 11.7. The zero-order valence-corrected chi connectivity index (χ0v) is 13.3. The molecule has 122 valence electrons. The van der Waals surface area contributed by atoms with Crippen LogP contribution in [0.5, 0.6) is 5.75 Å². The minimum Gasteiger partial charge on any atom is -0.497 e. The van der Waals surface area contributed by atoms with Crippen molar-refractivity contribution < 1.29 is 14.6 Å². The predicted molar refractivity (Wildman–Crippen MR) is 93.2 cm³/mol. The molecule has 1 aliphatic heterocycles. The Bertz CT molecular complexity index is 780. The molecule has 1 heterocycles. The molecule has 0 spiro atoms. The SMILES string of the molecule is COc1ccc(C2=CCN(CC(=O)O)C(c3ccccc3)=N2)cc1. The lowest BCUT2D eigenvalue weighted by Gasteiger charge is -2.27. The monoisotopic (exact) mass is 322 g/mol. The highest BCUT2D eigenvalue weighted by Gasteiger charge is 2.20. The maximum absolute atomic E-state index is 11.1. The molecule has 0 bridgehead atoms. The van der Waals surface area contributed by atoms with Crippen LogP contribution in [0.4, 0.5) is 0 Å². The van der Waals surface area contributed by atoms with E-state index in [1.165, 1.54) is 0 Å². The molecule has 1 aliphatic rings. The summed E-state index contributed by atoms with van der Waals surface area (Å²) in [6, 6.07) is 17.3. The van der Waals surface area contributed by atoms with Gasteiger partial charge < -0.3 is 14.7 Å². The summed E-state index contributed by atoms with van der Waals surface area (Å²) in [7, 11) is 1.63. The van der Waals surface area contributed by atoms with E-state index in [4.69, 9.17) is 14.8 Å². The summed E-state index contributed by atoms with van der Waals surface area (Å²) in [5, 5.41) is 9.14. The van der Waals surface area contributed by atoms with Crippen molar-refractivity contribution in [2.75, 3.05) is 20.2 Å². The summed E-state index contributed by atoms with van der Waals surface area (Å²) in [6.45, 7) is 0.418. The first-order valence-corrected chi connectivity index (χ1v) is 7.63. The number of ether oxygens (including phenoxy) is 1. The van der Waals surface area contributed by atoms with E-state index in [1.807, 2.05) is 60.7 Å². The number of hydrogen-bond acceptors (Lipinski definition) is 4. The fourth-order valence-electron chi connectivity index (χ4n) is 2.59. The number of amidine groups is 1. The second-order valence-electron chi connectivity index (χ2n) is 5.39. The molecule has 0 saturated heterocycles. The molecule has 0 atom stereocenters. The van der Waals surface area contributed by atoms with Gasteiger partial charge in [0.25, 0.3) is 0 Å². The van der Waals surface area contributed by atoms with Crippen molar-refractivity contribution in [1.29, 1.82) is 0 Å². The Hall–Kier alpha value is -3.08. The Morgan fingerprint density at radius 1 is 1.12 bits per heavy atom. The van der Waals surface area contributed by atoms with Gasteiger partial charge in [-0.15, -0.1) is 0 Å². The molecule has 0 aromatic heterocycles. The Morgan fingerprint density at radius 2 is 1.83 bits per heavy atom. The van der Waals surface area contributed by atoms with E-state index in [9.17, 15) is 4.79 Å². The lowest BCUT2D eigenvalue weighted by Crippen LogP contribution is -2.38. The summed E-state index contributed by atoms with van der Waals surface area (Å²) in [4.78, 5) is 17.6. The zero-order valence-electron chi connectivity index (χ0n) is 13.3. The number of nitrogens with zero attached hydrogens (tertiary/aromatic N) is 2. The molecule has 1 N–H and O–H groups in total. The molecular formula is C19H18N2O3. The van der Waals surface area contributed by atoms with Crippen molar-refractivity contribution in [1.82, 2.24) is 4.90 Å². The molecule has 0 unspecified atom stereocenters. The lowest BCUT2D eigenvalue weighted by molar-refractivity contribution is -0.137. The first-order valence-electron chi connectivity index (χ1n) is 7.63. The van der Waals surface area contributed by atoms with E-state index in [0.29, 0.717) is 12.4 Å². The van der Waals surface area contributed by atoms with Gasteiger partial charge in [-0.05, 0) is 30.3 Å². The van der Waals surface area contributed by atoms with Crippen LogP contribution < -0.4 is 4.74 Å². The van der Waals surface area contributed by atoms with Gasteiger partial charge >= 0.3 is 5.97 Å². The maximum atomic E-state index is 11.1. The van der Waals surface area contributed by atoms with Gasteiger partial charge in [0.15, 0.2) is 0 Å². The van der Waals surface area contributed by atoms with E-state index in [0.717, 1.165) is 22.6 Å². The summed E-state index contributed by atoms with van der Waals surface area (Å²) in [5.41, 5.74) is 2.70. The number of methoxy groups -OCH3 is 1. The normalized spacial score (nSPS) is 14.0. The van der Waals surface area contributed by atoms with Gasteiger partial charge in [0.05, 0.1) is 12.8 Å². The van der Waals surface area contributed by atoms with E-state index >= 15 is 0 Å². The maximum Gasteiger partial charge on any atom is 0.323 e. The Balaban J connectivity index is 1.96. The Kier molecular flexibility index (Phi) is 4.61. The van der Waals surface area contributed by atoms with E-state index in [1.54, 1.807) is 12.0 Å². The molecular weight excluding hydrogens is 304 g/mol. The van der Waals surface area contributed by atoms with E-state index in [2.05, 4.69) is 0 Å². The minimum absolute atomic E-state index is 0.0832. The predicted octanol–water partition coefficient (Wildman–Crippen LogP) is 2.88. The molecule has 24 heavy (non-hydrogen) atoms. The highest BCUT2D eigenvalue weighted by atomic mass is 16.5. The zero-order chi connectivity index (χ0) is 16.9. The molecule has 2 aromatic rings. The van der Waals surface area contributed by atoms with Crippen LogP contribution in [0, 0.1) is 0 Å².